The lowest BCUT2D eigenvalue weighted by molar-refractivity contribution is -0.153. The Balaban J connectivity index is 1.68. The number of nitrogens with one attached hydrogen (secondary N) is 1. The summed E-state index contributed by atoms with van der Waals surface area (Å²) in [4.78, 5) is 40.5. The van der Waals surface area contributed by atoms with Gasteiger partial charge in [0.1, 0.15) is 22.8 Å². The minimum Gasteiger partial charge on any atom is -0.508 e. The number of alkyl halides is 3. The highest BCUT2D eigenvalue weighted by Crippen LogP contribution is 2.54. The molecule has 13 heteroatoms. The molecule has 4 aliphatic carbocycles. The summed E-state index contributed by atoms with van der Waals surface area (Å²) in [6, 6.07) is -0.417. The average molecular weight is 594 g/mol. The highest BCUT2D eigenvalue weighted by Gasteiger charge is 2.64. The molecule has 7 N–H and O–H groups in total. The van der Waals surface area contributed by atoms with Gasteiger partial charge in [-0.1, -0.05) is 12.8 Å². The number of halogens is 3. The van der Waals surface area contributed by atoms with Crippen LogP contribution in [0.5, 0.6) is 5.75 Å². The number of Topliss-reactive ketones (excluding diaryl/α,β-unsaturated/α-hetero) is 2. The molecule has 0 bridgehead atoms. The van der Waals surface area contributed by atoms with Crippen LogP contribution >= 0.6 is 0 Å². The molecule has 0 saturated heterocycles. The number of nitrogens with zero attached hydrogens (tertiary/aromatic N) is 1. The third kappa shape index (κ3) is 4.32. The molecule has 42 heavy (non-hydrogen) atoms. The Hall–Kier alpha value is -3.42. The van der Waals surface area contributed by atoms with Crippen LogP contribution in [0.3, 0.4) is 0 Å². The number of phenolic OH excluding ortho intramolecular Hbond substituents is 1. The first-order valence-electron chi connectivity index (χ1n) is 13.8. The van der Waals surface area contributed by atoms with E-state index in [-0.39, 0.29) is 24.1 Å². The van der Waals surface area contributed by atoms with Gasteiger partial charge in [-0.2, -0.15) is 13.2 Å². The normalized spacial score (nSPS) is 29.1. The van der Waals surface area contributed by atoms with Gasteiger partial charge in [0.2, 0.25) is 5.78 Å². The number of hydrogen-bond donors (Lipinski definition) is 6. The quantitative estimate of drug-likeness (QED) is 0.280. The van der Waals surface area contributed by atoms with Crippen molar-refractivity contribution in [1.82, 2.24) is 10.2 Å². The van der Waals surface area contributed by atoms with Crippen LogP contribution in [-0.4, -0.2) is 74.1 Å². The molecule has 4 aliphatic rings. The maximum Gasteiger partial charge on any atom is 0.417 e. The van der Waals surface area contributed by atoms with Crippen molar-refractivity contribution in [2.45, 2.75) is 75.4 Å². The van der Waals surface area contributed by atoms with Crippen LogP contribution in [0, 0.1) is 11.8 Å². The van der Waals surface area contributed by atoms with E-state index in [2.05, 4.69) is 5.32 Å². The molecule has 10 nitrogen and oxygen atoms in total. The van der Waals surface area contributed by atoms with Crippen LogP contribution in [0.2, 0.25) is 0 Å². The predicted molar refractivity (Wildman–Crippen MR) is 143 cm³/mol. The van der Waals surface area contributed by atoms with E-state index in [0.717, 1.165) is 31.7 Å². The highest BCUT2D eigenvalue weighted by molar-refractivity contribution is 6.24. The van der Waals surface area contributed by atoms with Gasteiger partial charge in [-0.15, -0.1) is 0 Å². The zero-order valence-electron chi connectivity index (χ0n) is 23.4. The van der Waals surface area contributed by atoms with Gasteiger partial charge in [0.25, 0.3) is 5.91 Å². The summed E-state index contributed by atoms with van der Waals surface area (Å²) < 4.78 is 44.0. The molecular formula is C29H34F3N3O7. The Morgan fingerprint density at radius 3 is 2.33 bits per heavy atom. The number of aliphatic hydroxyl groups excluding tert-OH is 2. The summed E-state index contributed by atoms with van der Waals surface area (Å²) in [6.07, 6.45) is -2.16. The van der Waals surface area contributed by atoms with Crippen LogP contribution < -0.4 is 11.1 Å². The third-order valence-corrected chi connectivity index (χ3v) is 9.50. The number of hydrogen-bond acceptors (Lipinski definition) is 9. The van der Waals surface area contributed by atoms with Gasteiger partial charge in [-0.25, -0.2) is 0 Å². The molecule has 0 heterocycles. The molecule has 0 aliphatic heterocycles. The molecule has 0 radical (unpaired) electrons. The molecule has 0 unspecified atom stereocenters. The summed E-state index contributed by atoms with van der Waals surface area (Å²) in [5, 5.41) is 47.9. The second-order valence-corrected chi connectivity index (χ2v) is 12.4. The molecule has 2 fully saturated rings. The smallest absolute Gasteiger partial charge is 0.417 e. The number of aliphatic hydroxyl groups is 3. The van der Waals surface area contributed by atoms with Gasteiger partial charge in [-0.3, -0.25) is 19.3 Å². The van der Waals surface area contributed by atoms with Crippen molar-refractivity contribution in [2.24, 2.45) is 17.6 Å². The second-order valence-electron chi connectivity index (χ2n) is 12.4. The van der Waals surface area contributed by atoms with Crippen LogP contribution in [-0.2, 0) is 33.5 Å². The number of amides is 1. The summed E-state index contributed by atoms with van der Waals surface area (Å²) in [5.41, 5.74) is -1.64. The lowest BCUT2D eigenvalue weighted by atomic mass is 9.57. The molecule has 4 atom stereocenters. The van der Waals surface area contributed by atoms with Crippen molar-refractivity contribution >= 4 is 23.2 Å². The van der Waals surface area contributed by atoms with Crippen LogP contribution in [0.1, 0.15) is 61.3 Å². The van der Waals surface area contributed by atoms with Crippen LogP contribution in [0.4, 0.5) is 13.2 Å². The monoisotopic (exact) mass is 593 g/mol. The van der Waals surface area contributed by atoms with Gasteiger partial charge in [0.05, 0.1) is 17.2 Å². The summed E-state index contributed by atoms with van der Waals surface area (Å²) in [6.45, 7) is 1.74. The fourth-order valence-electron chi connectivity index (χ4n) is 7.52. The van der Waals surface area contributed by atoms with Crippen LogP contribution in [0.25, 0.3) is 5.76 Å². The van der Waals surface area contributed by atoms with Gasteiger partial charge >= 0.3 is 6.18 Å². The first-order chi connectivity index (χ1) is 19.4. The molecule has 0 spiro atoms. The fourth-order valence-corrected chi connectivity index (χ4v) is 7.52. The Labute approximate surface area is 239 Å². The highest BCUT2D eigenvalue weighted by atomic mass is 19.4. The third-order valence-electron chi connectivity index (χ3n) is 9.50. The van der Waals surface area contributed by atoms with E-state index in [0.29, 0.717) is 0 Å². The van der Waals surface area contributed by atoms with Crippen molar-refractivity contribution in [1.29, 1.82) is 0 Å². The molecule has 1 aromatic carbocycles. The number of rotatable bonds is 5. The van der Waals surface area contributed by atoms with Gasteiger partial charge < -0.3 is 31.5 Å². The average Bonchev–Trinajstić information content (AvgIpc) is 3.30. The minimum atomic E-state index is -4.88. The Morgan fingerprint density at radius 2 is 1.79 bits per heavy atom. The van der Waals surface area contributed by atoms with Crippen molar-refractivity contribution < 1.29 is 48.0 Å². The predicted octanol–water partition coefficient (Wildman–Crippen LogP) is 2.41. The van der Waals surface area contributed by atoms with Gasteiger partial charge in [0.15, 0.2) is 11.4 Å². The first-order valence-corrected chi connectivity index (χ1v) is 13.8. The molecule has 0 aromatic heterocycles. The largest absolute Gasteiger partial charge is 0.508 e. The number of benzene rings is 1. The Morgan fingerprint density at radius 1 is 1.17 bits per heavy atom. The van der Waals surface area contributed by atoms with Crippen molar-refractivity contribution in [3.8, 4) is 5.75 Å². The summed E-state index contributed by atoms with van der Waals surface area (Å²) >= 11 is 0. The fraction of sp³-hybridized carbons (Fsp3) is 0.552. The lowest BCUT2D eigenvalue weighted by Gasteiger charge is -2.50. The zero-order chi connectivity index (χ0) is 31.1. The molecule has 5 rings (SSSR count). The van der Waals surface area contributed by atoms with E-state index in [1.165, 1.54) is 19.0 Å². The number of nitrogens with two attached hydrogens (primary N) is 1. The summed E-state index contributed by atoms with van der Waals surface area (Å²) in [7, 11) is 2.88. The number of primary amides is 1. The Bertz CT molecular complexity index is 1460. The topological polar surface area (TPSA) is 173 Å². The number of carbonyl (C=O) groups is 3. The molecule has 1 amide bonds. The SMILES string of the molecule is CN(C)[C@@H]1C(=O)C(C(N)=O)=C(O)[C@@]2(O)C(=O)C3=C(O)c4c(O)cc(CNC5(C)CCCC5)c(C(F)(F)F)c4C[C@H]3C[C@@H]12. The number of ketones is 2. The van der Waals surface area contributed by atoms with E-state index >= 15 is 0 Å². The van der Waals surface area contributed by atoms with E-state index in [1.807, 2.05) is 6.92 Å². The van der Waals surface area contributed by atoms with Crippen molar-refractivity contribution in [3.63, 3.8) is 0 Å². The van der Waals surface area contributed by atoms with E-state index in [9.17, 15) is 48.0 Å². The molecule has 1 aromatic rings. The number of phenols is 1. The van der Waals surface area contributed by atoms with Crippen molar-refractivity contribution in [2.75, 3.05) is 14.1 Å². The lowest BCUT2D eigenvalue weighted by Crippen LogP contribution is -2.65. The maximum atomic E-state index is 14.7. The first kappa shape index (κ1) is 30.1. The van der Waals surface area contributed by atoms with Crippen LogP contribution in [0.15, 0.2) is 23.0 Å². The van der Waals surface area contributed by atoms with E-state index in [4.69, 9.17) is 5.73 Å². The number of aromatic hydroxyl groups is 1. The second kappa shape index (κ2) is 9.81. The van der Waals surface area contributed by atoms with E-state index < -0.39 is 98.7 Å². The van der Waals surface area contributed by atoms with Gasteiger partial charge in [0, 0.05) is 23.6 Å². The molecule has 2 saturated carbocycles. The van der Waals surface area contributed by atoms with E-state index in [1.54, 1.807) is 0 Å². The molecular weight excluding hydrogens is 559 g/mol. The number of carbonyl (C=O) groups excluding carboxylic acids is 3. The number of fused-ring (bicyclic) bond motifs is 3. The standard InChI is InChI=1S/C29H34F3N3O7/c1-27(6-4-5-7-27)34-11-13-10-16(36)18-14(20(13)29(30,31)32)8-12-9-15-21(35(2)3)23(38)19(26(33)41)25(40)28(15,42)24(39)17(12)22(18)37/h10,12,15,21,34,36-37,40,42H,4-9,11H2,1-3H3,(H2,33,41)/t12-,15-,21-,28-/m0/s1. The Kier molecular flexibility index (Phi) is 7.02. The maximum absolute atomic E-state index is 14.7. The summed E-state index contributed by atoms with van der Waals surface area (Å²) in [5.74, 6) is -9.00. The van der Waals surface area contributed by atoms with Crippen molar-refractivity contribution in [3.05, 3.63) is 45.2 Å². The zero-order valence-corrected chi connectivity index (χ0v) is 23.4. The minimum absolute atomic E-state index is 0.193. The van der Waals surface area contributed by atoms with Gasteiger partial charge in [-0.05, 0) is 69.8 Å². The number of likely N-dealkylation sites (N-methyl/N-ethyl adjacent to an activating group) is 1. The molecule has 228 valence electrons.